The van der Waals surface area contributed by atoms with Crippen LogP contribution in [0, 0.1) is 0 Å². The zero-order chi connectivity index (χ0) is 21.3. The number of carbonyl (C=O) groups excluding carboxylic acids is 3. The summed E-state index contributed by atoms with van der Waals surface area (Å²) in [6, 6.07) is 11.1. The Morgan fingerprint density at radius 1 is 1.27 bits per heavy atom. The maximum atomic E-state index is 12.7. The number of nitrogens with zero attached hydrogens (tertiary/aromatic N) is 1. The van der Waals surface area contributed by atoms with E-state index in [2.05, 4.69) is 5.32 Å². The van der Waals surface area contributed by atoms with Crippen LogP contribution in [0.2, 0.25) is 5.02 Å². The summed E-state index contributed by atoms with van der Waals surface area (Å²) in [5, 5.41) is 3.42. The van der Waals surface area contributed by atoms with E-state index in [9.17, 15) is 14.4 Å². The zero-order valence-electron chi connectivity index (χ0n) is 16.4. The van der Waals surface area contributed by atoms with E-state index in [4.69, 9.17) is 21.1 Å². The predicted octanol–water partition coefficient (Wildman–Crippen LogP) is 2.99. The summed E-state index contributed by atoms with van der Waals surface area (Å²) in [6.07, 6.45) is 1.91. The van der Waals surface area contributed by atoms with Crippen LogP contribution in [0.15, 0.2) is 42.5 Å². The van der Waals surface area contributed by atoms with Gasteiger partial charge in [0, 0.05) is 16.6 Å². The van der Waals surface area contributed by atoms with E-state index in [0.29, 0.717) is 27.8 Å². The van der Waals surface area contributed by atoms with Crippen molar-refractivity contribution in [3.63, 3.8) is 0 Å². The van der Waals surface area contributed by atoms with Crippen molar-refractivity contribution >= 4 is 34.9 Å². The van der Waals surface area contributed by atoms with Crippen molar-refractivity contribution in [2.75, 3.05) is 18.1 Å². The second kappa shape index (κ2) is 8.36. The normalized spacial score (nSPS) is 16.3. The van der Waals surface area contributed by atoms with E-state index in [1.165, 1.54) is 4.90 Å². The number of Topliss-reactive ketones (excluding diaryl/α,β-unsaturated/α-hetero) is 1. The quantitative estimate of drug-likeness (QED) is 0.685. The van der Waals surface area contributed by atoms with Crippen LogP contribution in [0.5, 0.6) is 11.5 Å². The molecule has 1 heterocycles. The van der Waals surface area contributed by atoms with Gasteiger partial charge in [0.05, 0.1) is 5.69 Å². The lowest BCUT2D eigenvalue weighted by Crippen LogP contribution is -2.51. The maximum Gasteiger partial charge on any atom is 0.265 e. The molecular weight excluding hydrogens is 408 g/mol. The molecule has 0 radical (unpaired) electrons. The molecule has 0 bridgehead atoms. The number of nitrogens with one attached hydrogen (secondary N) is 1. The van der Waals surface area contributed by atoms with Crippen molar-refractivity contribution in [2.24, 2.45) is 0 Å². The molecule has 1 aliphatic heterocycles. The van der Waals surface area contributed by atoms with E-state index >= 15 is 0 Å². The van der Waals surface area contributed by atoms with Crippen molar-refractivity contribution in [1.82, 2.24) is 5.32 Å². The first-order chi connectivity index (χ1) is 14.4. The first-order valence-electron chi connectivity index (χ1n) is 9.73. The predicted molar refractivity (Wildman–Crippen MR) is 111 cm³/mol. The van der Waals surface area contributed by atoms with E-state index in [1.807, 2.05) is 0 Å². The number of ketones is 1. The Balaban J connectivity index is 1.52. The van der Waals surface area contributed by atoms with E-state index in [-0.39, 0.29) is 36.9 Å². The zero-order valence-corrected chi connectivity index (χ0v) is 17.1. The van der Waals surface area contributed by atoms with Gasteiger partial charge in [0.25, 0.3) is 5.91 Å². The molecule has 30 heavy (non-hydrogen) atoms. The van der Waals surface area contributed by atoms with Crippen LogP contribution in [-0.4, -0.2) is 42.9 Å². The Morgan fingerprint density at radius 3 is 2.80 bits per heavy atom. The van der Waals surface area contributed by atoms with Crippen LogP contribution < -0.4 is 19.7 Å². The number of halogens is 1. The van der Waals surface area contributed by atoms with Gasteiger partial charge in [-0.25, -0.2) is 0 Å². The number of fused-ring (bicyclic) bond motifs is 1. The van der Waals surface area contributed by atoms with Gasteiger partial charge in [-0.3, -0.25) is 19.3 Å². The van der Waals surface area contributed by atoms with Crippen molar-refractivity contribution in [2.45, 2.75) is 31.8 Å². The molecule has 1 N–H and O–H groups in total. The number of benzene rings is 2. The van der Waals surface area contributed by atoms with Crippen LogP contribution in [0.3, 0.4) is 0 Å². The number of rotatable bonds is 7. The molecule has 4 rings (SSSR count). The molecule has 0 aromatic heterocycles. The summed E-state index contributed by atoms with van der Waals surface area (Å²) in [5.74, 6) is 0.110. The molecule has 1 fully saturated rings. The van der Waals surface area contributed by atoms with Gasteiger partial charge in [-0.15, -0.1) is 0 Å². The highest BCUT2D eigenvalue weighted by atomic mass is 35.5. The molecule has 7 nitrogen and oxygen atoms in total. The van der Waals surface area contributed by atoms with Crippen LogP contribution in [0.1, 0.15) is 30.1 Å². The Labute approximate surface area is 178 Å². The van der Waals surface area contributed by atoms with Crippen molar-refractivity contribution in [1.29, 1.82) is 0 Å². The summed E-state index contributed by atoms with van der Waals surface area (Å²) in [5.41, 5.74) is 0.757. The summed E-state index contributed by atoms with van der Waals surface area (Å²) in [4.78, 5) is 39.1. The van der Waals surface area contributed by atoms with Crippen molar-refractivity contribution in [3.05, 3.63) is 53.1 Å². The van der Waals surface area contributed by atoms with Gasteiger partial charge in [0.2, 0.25) is 5.91 Å². The highest BCUT2D eigenvalue weighted by Gasteiger charge is 2.35. The van der Waals surface area contributed by atoms with Crippen LogP contribution in [-0.2, 0) is 9.59 Å². The number of carbonyl (C=O) groups is 3. The summed E-state index contributed by atoms with van der Waals surface area (Å²) < 4.78 is 11.0. The minimum absolute atomic E-state index is 0.154. The average molecular weight is 429 g/mol. The maximum absolute atomic E-state index is 12.7. The molecule has 0 saturated heterocycles. The van der Waals surface area contributed by atoms with E-state index in [0.717, 1.165) is 12.8 Å². The van der Waals surface area contributed by atoms with E-state index < -0.39 is 6.04 Å². The van der Waals surface area contributed by atoms with Gasteiger partial charge in [-0.2, -0.15) is 0 Å². The monoisotopic (exact) mass is 428 g/mol. The van der Waals surface area contributed by atoms with Crippen molar-refractivity contribution < 1.29 is 23.9 Å². The number of ether oxygens (including phenoxy) is 2. The van der Waals surface area contributed by atoms with Gasteiger partial charge in [-0.05, 0) is 56.2 Å². The molecule has 156 valence electrons. The molecule has 0 unspecified atom stereocenters. The Morgan fingerprint density at radius 2 is 2.07 bits per heavy atom. The van der Waals surface area contributed by atoms with Crippen LogP contribution in [0.25, 0.3) is 0 Å². The minimum Gasteiger partial charge on any atom is -0.485 e. The van der Waals surface area contributed by atoms with Gasteiger partial charge in [-0.1, -0.05) is 17.7 Å². The second-order valence-corrected chi connectivity index (χ2v) is 7.80. The fourth-order valence-electron chi connectivity index (χ4n) is 3.22. The van der Waals surface area contributed by atoms with Crippen LogP contribution >= 0.6 is 11.6 Å². The number of anilines is 1. The molecule has 2 amide bonds. The van der Waals surface area contributed by atoms with Crippen LogP contribution in [0.4, 0.5) is 5.69 Å². The third-order valence-corrected chi connectivity index (χ3v) is 5.25. The van der Waals surface area contributed by atoms with E-state index in [1.54, 1.807) is 49.4 Å². The molecule has 2 aliphatic rings. The summed E-state index contributed by atoms with van der Waals surface area (Å²) in [7, 11) is 0. The fraction of sp³-hybridized carbons (Fsp3) is 0.318. The topological polar surface area (TPSA) is 84.9 Å². The number of amides is 2. The Hall–Kier alpha value is -3.06. The third kappa shape index (κ3) is 4.41. The molecule has 2 aromatic rings. The van der Waals surface area contributed by atoms with Crippen molar-refractivity contribution in [3.8, 4) is 11.5 Å². The Kier molecular flexibility index (Phi) is 5.63. The molecule has 0 spiro atoms. The Bertz CT molecular complexity index is 1000. The van der Waals surface area contributed by atoms with Gasteiger partial charge in [0.1, 0.15) is 17.5 Å². The SMILES string of the molecule is C[C@@H](C(=O)NC1CC1)N1C(=O)COc2ccc(C(=O)COc3cccc(Cl)c3)cc21. The summed E-state index contributed by atoms with van der Waals surface area (Å²) in [6.45, 7) is 1.33. The highest BCUT2D eigenvalue weighted by Crippen LogP contribution is 2.35. The molecule has 1 aliphatic carbocycles. The highest BCUT2D eigenvalue weighted by molar-refractivity contribution is 6.30. The standard InChI is InChI=1S/C22H21ClN2O5/c1-13(22(28)24-16-6-7-16)25-18-9-14(5-8-20(18)30-12-21(25)27)19(26)11-29-17-4-2-3-15(23)10-17/h2-5,8-10,13,16H,6-7,11-12H2,1H3,(H,24,28)/t13-/m0/s1. The second-order valence-electron chi connectivity index (χ2n) is 7.36. The largest absolute Gasteiger partial charge is 0.485 e. The number of hydrogen-bond acceptors (Lipinski definition) is 5. The molecule has 8 heteroatoms. The lowest BCUT2D eigenvalue weighted by Gasteiger charge is -2.33. The molecule has 1 atom stereocenters. The molecule has 1 saturated carbocycles. The fourth-order valence-corrected chi connectivity index (χ4v) is 3.41. The third-order valence-electron chi connectivity index (χ3n) is 5.02. The molecule has 2 aromatic carbocycles. The van der Waals surface area contributed by atoms with Gasteiger partial charge >= 0.3 is 0 Å². The van der Waals surface area contributed by atoms with Gasteiger partial charge < -0.3 is 14.8 Å². The average Bonchev–Trinajstić information content (AvgIpc) is 3.55. The molecular formula is C22H21ClN2O5. The minimum atomic E-state index is -0.714. The summed E-state index contributed by atoms with van der Waals surface area (Å²) >= 11 is 5.93. The first kappa shape index (κ1) is 20.2. The smallest absolute Gasteiger partial charge is 0.265 e. The lowest BCUT2D eigenvalue weighted by atomic mass is 10.1. The lowest BCUT2D eigenvalue weighted by molar-refractivity contribution is -0.127. The van der Waals surface area contributed by atoms with Gasteiger partial charge in [0.15, 0.2) is 19.0 Å². The first-order valence-corrected chi connectivity index (χ1v) is 10.1. The number of hydrogen-bond donors (Lipinski definition) is 1.